The van der Waals surface area contributed by atoms with E-state index in [2.05, 4.69) is 110 Å². The standard InChI is InChI=1S/C19H19N.C16H15N.C6H7N.C6H10/c1-5-15(6-2)18-10-11-19(20-13-18)17-9-8-14(4)16(7-3)12-17;1-3-13(4-2)14-7-9-15(10-8-14)16-6-5-11-17-12-16;7-6-4-2-1-3-5-6;1-5(2)6(3)4/h5-13H,1,3H2,2,4H3;3-12H,1H2,2H3;1-5H,7H2;1,3H2,2,4H3/b15-6+;13-4+;;. The molecule has 0 unspecified atom stereocenters. The van der Waals surface area contributed by atoms with E-state index in [-0.39, 0.29) is 0 Å². The summed E-state index contributed by atoms with van der Waals surface area (Å²) in [4.78, 5) is 8.67. The zero-order chi connectivity index (χ0) is 36.9. The van der Waals surface area contributed by atoms with Gasteiger partial charge in [0.1, 0.15) is 0 Å². The van der Waals surface area contributed by atoms with E-state index >= 15 is 0 Å². The summed E-state index contributed by atoms with van der Waals surface area (Å²) in [5.41, 5.74) is 19.6. The van der Waals surface area contributed by atoms with Gasteiger partial charge in [-0.2, -0.15) is 0 Å². The lowest BCUT2D eigenvalue weighted by atomic mass is 10.0. The SMILES string of the molecule is C=C(C)C(=C)C.C=C/C(=C\C)c1ccc(-c2ccc(C)c(C=C)c2)nc1.C=C/C(=C\C)c1ccc(-c2cccnc2)cc1.Nc1ccccc1. The molecular formula is C47H51N3. The molecule has 254 valence electrons. The molecule has 0 aliphatic heterocycles. The molecule has 3 nitrogen and oxygen atoms in total. The quantitative estimate of drug-likeness (QED) is 0.133. The first kappa shape index (κ1) is 40.1. The van der Waals surface area contributed by atoms with Crippen molar-refractivity contribution in [2.75, 3.05) is 5.73 Å². The Hall–Kier alpha value is -6.06. The molecule has 5 rings (SSSR count). The molecule has 0 aliphatic rings. The largest absolute Gasteiger partial charge is 0.399 e. The predicted molar refractivity (Wildman–Crippen MR) is 222 cm³/mol. The molecule has 0 atom stereocenters. The van der Waals surface area contributed by atoms with Crippen LogP contribution in [0.3, 0.4) is 0 Å². The fourth-order valence-corrected chi connectivity index (χ4v) is 4.40. The first-order chi connectivity index (χ1) is 24.1. The van der Waals surface area contributed by atoms with E-state index in [1.54, 1.807) is 6.20 Å². The number of pyridine rings is 2. The average Bonchev–Trinajstić information content (AvgIpc) is 3.15. The van der Waals surface area contributed by atoms with Gasteiger partial charge in [0.15, 0.2) is 0 Å². The fourth-order valence-electron chi connectivity index (χ4n) is 4.40. The maximum absolute atomic E-state index is 5.36. The van der Waals surface area contributed by atoms with Crippen LogP contribution in [-0.4, -0.2) is 9.97 Å². The number of benzene rings is 3. The third-order valence-electron chi connectivity index (χ3n) is 7.69. The van der Waals surface area contributed by atoms with Gasteiger partial charge in [-0.25, -0.2) is 0 Å². The maximum Gasteiger partial charge on any atom is 0.0702 e. The lowest BCUT2D eigenvalue weighted by Gasteiger charge is -2.07. The molecule has 2 N–H and O–H groups in total. The fraction of sp³-hybridized carbons (Fsp3) is 0.106. The number of allylic oxidation sites excluding steroid dienone is 8. The molecule has 0 bridgehead atoms. The van der Waals surface area contributed by atoms with Crippen LogP contribution in [0.25, 0.3) is 39.6 Å². The molecule has 0 spiro atoms. The van der Waals surface area contributed by atoms with Crippen LogP contribution in [0.2, 0.25) is 0 Å². The number of nitrogen functional groups attached to an aromatic ring is 1. The molecule has 0 fully saturated rings. The summed E-state index contributed by atoms with van der Waals surface area (Å²) in [5.74, 6) is 0. The molecule has 2 aromatic heterocycles. The van der Waals surface area contributed by atoms with Crippen molar-refractivity contribution in [1.29, 1.82) is 0 Å². The summed E-state index contributed by atoms with van der Waals surface area (Å²) in [6.07, 6.45) is 15.2. The van der Waals surface area contributed by atoms with Crippen LogP contribution in [0.5, 0.6) is 0 Å². The molecule has 0 saturated carbocycles. The molecule has 0 saturated heterocycles. The molecule has 5 aromatic rings. The number of hydrogen-bond donors (Lipinski definition) is 1. The van der Waals surface area contributed by atoms with Crippen LogP contribution >= 0.6 is 0 Å². The molecule has 2 heterocycles. The van der Waals surface area contributed by atoms with E-state index < -0.39 is 0 Å². The second-order valence-electron chi connectivity index (χ2n) is 11.4. The monoisotopic (exact) mass is 657 g/mol. The summed E-state index contributed by atoms with van der Waals surface area (Å²) in [6, 6.07) is 32.4. The first-order valence-electron chi connectivity index (χ1n) is 16.5. The summed E-state index contributed by atoms with van der Waals surface area (Å²) >= 11 is 0. The number of aromatic nitrogens is 2. The average molecular weight is 658 g/mol. The molecule has 50 heavy (non-hydrogen) atoms. The van der Waals surface area contributed by atoms with E-state index in [1.807, 2.05) is 107 Å². The minimum Gasteiger partial charge on any atom is -0.399 e. The van der Waals surface area contributed by atoms with Crippen molar-refractivity contribution in [1.82, 2.24) is 9.97 Å². The van der Waals surface area contributed by atoms with Crippen LogP contribution in [0.4, 0.5) is 5.69 Å². The van der Waals surface area contributed by atoms with Gasteiger partial charge in [0.05, 0.1) is 5.69 Å². The minimum absolute atomic E-state index is 0.822. The van der Waals surface area contributed by atoms with Crippen LogP contribution in [-0.2, 0) is 0 Å². The van der Waals surface area contributed by atoms with Crippen LogP contribution in [0.15, 0.2) is 184 Å². The number of nitrogens with zero attached hydrogens (tertiary/aromatic N) is 2. The van der Waals surface area contributed by atoms with Gasteiger partial charge < -0.3 is 5.73 Å². The Morgan fingerprint density at radius 1 is 0.640 bits per heavy atom. The van der Waals surface area contributed by atoms with Gasteiger partial charge in [0, 0.05) is 29.8 Å². The zero-order valence-electron chi connectivity index (χ0n) is 30.4. The van der Waals surface area contributed by atoms with Gasteiger partial charge in [0.2, 0.25) is 0 Å². The Balaban J connectivity index is 0.000000259. The van der Waals surface area contributed by atoms with Crippen LogP contribution < -0.4 is 5.73 Å². The van der Waals surface area contributed by atoms with E-state index in [9.17, 15) is 0 Å². The summed E-state index contributed by atoms with van der Waals surface area (Å²) in [5, 5.41) is 0. The lowest BCUT2D eigenvalue weighted by Crippen LogP contribution is -1.89. The lowest BCUT2D eigenvalue weighted by molar-refractivity contribution is 1.30. The Bertz CT molecular complexity index is 1880. The highest BCUT2D eigenvalue weighted by molar-refractivity contribution is 5.76. The molecule has 0 radical (unpaired) electrons. The summed E-state index contributed by atoms with van der Waals surface area (Å²) < 4.78 is 0. The highest BCUT2D eigenvalue weighted by Crippen LogP contribution is 2.24. The molecule has 0 aliphatic carbocycles. The Kier molecular flexibility index (Phi) is 17.4. The van der Waals surface area contributed by atoms with Crippen molar-refractivity contribution in [3.8, 4) is 22.4 Å². The van der Waals surface area contributed by atoms with Gasteiger partial charge in [-0.15, -0.1) is 0 Å². The van der Waals surface area contributed by atoms with Gasteiger partial charge >= 0.3 is 0 Å². The predicted octanol–water partition coefficient (Wildman–Crippen LogP) is 13.0. The normalized spacial score (nSPS) is 10.4. The highest BCUT2D eigenvalue weighted by Gasteiger charge is 2.04. The van der Waals surface area contributed by atoms with E-state index in [4.69, 9.17) is 5.73 Å². The van der Waals surface area contributed by atoms with Gasteiger partial charge in [-0.3, -0.25) is 9.97 Å². The topological polar surface area (TPSA) is 51.8 Å². The molecule has 3 aromatic carbocycles. The van der Waals surface area contributed by atoms with Crippen LogP contribution in [0, 0.1) is 6.92 Å². The van der Waals surface area contributed by atoms with Gasteiger partial charge in [-0.05, 0) is 109 Å². The van der Waals surface area contributed by atoms with E-state index in [1.165, 1.54) is 16.7 Å². The third kappa shape index (κ3) is 13.2. The summed E-state index contributed by atoms with van der Waals surface area (Å²) in [6.45, 7) is 28.8. The Labute approximate surface area is 301 Å². The maximum atomic E-state index is 5.36. The number of anilines is 1. The molecule has 3 heteroatoms. The van der Waals surface area contributed by atoms with Gasteiger partial charge in [-0.1, -0.05) is 141 Å². The van der Waals surface area contributed by atoms with Crippen molar-refractivity contribution in [3.63, 3.8) is 0 Å². The van der Waals surface area contributed by atoms with Gasteiger partial charge in [0.25, 0.3) is 0 Å². The highest BCUT2D eigenvalue weighted by atomic mass is 14.7. The summed E-state index contributed by atoms with van der Waals surface area (Å²) in [7, 11) is 0. The molecule has 0 amide bonds. The Morgan fingerprint density at radius 3 is 1.66 bits per heavy atom. The van der Waals surface area contributed by atoms with Crippen molar-refractivity contribution in [2.45, 2.75) is 34.6 Å². The zero-order valence-corrected chi connectivity index (χ0v) is 30.4. The van der Waals surface area contributed by atoms with Crippen molar-refractivity contribution >= 4 is 22.9 Å². The second kappa shape index (κ2) is 21.7. The van der Waals surface area contributed by atoms with Crippen molar-refractivity contribution in [3.05, 3.63) is 206 Å². The number of hydrogen-bond acceptors (Lipinski definition) is 3. The van der Waals surface area contributed by atoms with Crippen LogP contribution in [0.1, 0.15) is 49.9 Å². The van der Waals surface area contributed by atoms with Crippen molar-refractivity contribution < 1.29 is 0 Å². The van der Waals surface area contributed by atoms with E-state index in [0.717, 1.165) is 55.9 Å². The molecular weight excluding hydrogens is 607 g/mol. The number of para-hydroxylation sites is 1. The number of rotatable bonds is 8. The smallest absolute Gasteiger partial charge is 0.0702 e. The third-order valence-corrected chi connectivity index (χ3v) is 7.69. The first-order valence-corrected chi connectivity index (χ1v) is 16.5. The van der Waals surface area contributed by atoms with Crippen molar-refractivity contribution in [2.24, 2.45) is 0 Å². The minimum atomic E-state index is 0.822. The number of nitrogens with two attached hydrogens (primary N) is 1. The van der Waals surface area contributed by atoms with E-state index in [0.29, 0.717) is 0 Å². The second-order valence-corrected chi connectivity index (χ2v) is 11.4. The number of aryl methyl sites for hydroxylation is 1. The Morgan fingerprint density at radius 2 is 1.22 bits per heavy atom.